The van der Waals surface area contributed by atoms with E-state index in [0.717, 1.165) is 5.01 Å². The SMILES string of the molecule is Cc1ccsc1-c1nc(C(O)CN)cs1. The van der Waals surface area contributed by atoms with Crippen LogP contribution < -0.4 is 5.73 Å². The van der Waals surface area contributed by atoms with E-state index in [-0.39, 0.29) is 6.54 Å². The van der Waals surface area contributed by atoms with Gasteiger partial charge >= 0.3 is 0 Å². The topological polar surface area (TPSA) is 59.1 Å². The van der Waals surface area contributed by atoms with Gasteiger partial charge in [0.1, 0.15) is 11.1 Å². The van der Waals surface area contributed by atoms with Crippen LogP contribution >= 0.6 is 22.7 Å². The average molecular weight is 240 g/mol. The Kier molecular flexibility index (Phi) is 3.16. The van der Waals surface area contributed by atoms with Crippen molar-refractivity contribution in [3.8, 4) is 9.88 Å². The van der Waals surface area contributed by atoms with Gasteiger partial charge in [-0.25, -0.2) is 4.98 Å². The van der Waals surface area contributed by atoms with Crippen molar-refractivity contribution in [3.63, 3.8) is 0 Å². The third kappa shape index (κ3) is 2.10. The van der Waals surface area contributed by atoms with Gasteiger partial charge in [0, 0.05) is 11.9 Å². The van der Waals surface area contributed by atoms with Crippen LogP contribution in [-0.2, 0) is 0 Å². The maximum atomic E-state index is 9.53. The van der Waals surface area contributed by atoms with Crippen LogP contribution in [-0.4, -0.2) is 16.6 Å². The normalized spacial score (nSPS) is 13.0. The van der Waals surface area contributed by atoms with E-state index >= 15 is 0 Å². The van der Waals surface area contributed by atoms with Crippen LogP contribution in [0.25, 0.3) is 9.88 Å². The van der Waals surface area contributed by atoms with E-state index in [0.29, 0.717) is 5.69 Å². The third-order valence-corrected chi connectivity index (χ3v) is 4.17. The Bertz CT molecular complexity index is 450. The maximum absolute atomic E-state index is 9.53. The van der Waals surface area contributed by atoms with Crippen molar-refractivity contribution >= 4 is 22.7 Å². The number of aromatic nitrogens is 1. The molecule has 0 spiro atoms. The van der Waals surface area contributed by atoms with Crippen LogP contribution in [0.15, 0.2) is 16.8 Å². The molecule has 3 nitrogen and oxygen atoms in total. The highest BCUT2D eigenvalue weighted by atomic mass is 32.1. The number of aliphatic hydroxyl groups excluding tert-OH is 1. The van der Waals surface area contributed by atoms with E-state index in [1.165, 1.54) is 10.4 Å². The number of nitrogens with two attached hydrogens (primary N) is 1. The monoisotopic (exact) mass is 240 g/mol. The van der Waals surface area contributed by atoms with Crippen molar-refractivity contribution in [2.45, 2.75) is 13.0 Å². The molecule has 3 N–H and O–H groups in total. The van der Waals surface area contributed by atoms with Crippen molar-refractivity contribution in [1.82, 2.24) is 4.98 Å². The van der Waals surface area contributed by atoms with Crippen LogP contribution in [0.4, 0.5) is 0 Å². The summed E-state index contributed by atoms with van der Waals surface area (Å²) in [5, 5.41) is 14.4. The van der Waals surface area contributed by atoms with Gasteiger partial charge in [0.05, 0.1) is 10.6 Å². The smallest absolute Gasteiger partial charge is 0.134 e. The van der Waals surface area contributed by atoms with Crippen LogP contribution in [0.5, 0.6) is 0 Å². The van der Waals surface area contributed by atoms with Gasteiger partial charge in [0.25, 0.3) is 0 Å². The molecular weight excluding hydrogens is 228 g/mol. The Labute approximate surface area is 96.2 Å². The molecule has 0 amide bonds. The lowest BCUT2D eigenvalue weighted by Crippen LogP contribution is -2.11. The number of thiophene rings is 1. The van der Waals surface area contributed by atoms with E-state index in [1.807, 2.05) is 10.8 Å². The second-order valence-electron chi connectivity index (χ2n) is 3.26. The van der Waals surface area contributed by atoms with Crippen molar-refractivity contribution in [2.75, 3.05) is 6.54 Å². The number of rotatable bonds is 3. The fraction of sp³-hybridized carbons (Fsp3) is 0.300. The molecule has 0 radical (unpaired) electrons. The van der Waals surface area contributed by atoms with Crippen molar-refractivity contribution < 1.29 is 5.11 Å². The second kappa shape index (κ2) is 4.40. The van der Waals surface area contributed by atoms with E-state index in [9.17, 15) is 5.11 Å². The summed E-state index contributed by atoms with van der Waals surface area (Å²) in [7, 11) is 0. The molecular formula is C10H12N2OS2. The van der Waals surface area contributed by atoms with Gasteiger partial charge in [0.15, 0.2) is 0 Å². The van der Waals surface area contributed by atoms with Gasteiger partial charge in [-0.3, -0.25) is 0 Å². The molecule has 0 aromatic carbocycles. The molecule has 80 valence electrons. The zero-order valence-corrected chi connectivity index (χ0v) is 9.94. The maximum Gasteiger partial charge on any atom is 0.134 e. The Morgan fingerprint density at radius 3 is 2.93 bits per heavy atom. The highest BCUT2D eigenvalue weighted by Gasteiger charge is 2.12. The molecule has 0 aliphatic heterocycles. The lowest BCUT2D eigenvalue weighted by molar-refractivity contribution is 0.182. The molecule has 0 aliphatic carbocycles. The predicted octanol–water partition coefficient (Wildman–Crippen LogP) is 2.17. The van der Waals surface area contributed by atoms with Gasteiger partial charge in [0.2, 0.25) is 0 Å². The lowest BCUT2D eigenvalue weighted by atomic mass is 10.3. The summed E-state index contributed by atoms with van der Waals surface area (Å²) in [4.78, 5) is 5.56. The molecule has 5 heteroatoms. The standard InChI is InChI=1S/C10H12N2OS2/c1-6-2-3-14-9(6)10-12-7(5-15-10)8(13)4-11/h2-3,5,8,13H,4,11H2,1H3. The van der Waals surface area contributed by atoms with Crippen molar-refractivity contribution in [1.29, 1.82) is 0 Å². The molecule has 0 saturated carbocycles. The Morgan fingerprint density at radius 2 is 2.33 bits per heavy atom. The summed E-state index contributed by atoms with van der Waals surface area (Å²) in [5.41, 5.74) is 7.28. The summed E-state index contributed by atoms with van der Waals surface area (Å²) in [5.74, 6) is 0. The first-order valence-electron chi connectivity index (χ1n) is 4.60. The molecule has 0 saturated heterocycles. The van der Waals surface area contributed by atoms with Crippen molar-refractivity contribution in [2.24, 2.45) is 5.73 Å². The summed E-state index contributed by atoms with van der Waals surface area (Å²) in [6.07, 6.45) is -0.643. The van der Waals surface area contributed by atoms with Crippen LogP contribution in [0, 0.1) is 6.92 Å². The van der Waals surface area contributed by atoms with Crippen LogP contribution in [0.1, 0.15) is 17.4 Å². The largest absolute Gasteiger partial charge is 0.385 e. The van der Waals surface area contributed by atoms with Crippen LogP contribution in [0.3, 0.4) is 0 Å². The number of hydrogen-bond donors (Lipinski definition) is 2. The summed E-state index contributed by atoms with van der Waals surface area (Å²) in [6, 6.07) is 2.07. The molecule has 0 fully saturated rings. The molecule has 1 atom stereocenters. The van der Waals surface area contributed by atoms with Crippen LogP contribution in [0.2, 0.25) is 0 Å². The van der Waals surface area contributed by atoms with Gasteiger partial charge in [-0.05, 0) is 23.9 Å². The van der Waals surface area contributed by atoms with E-state index in [4.69, 9.17) is 5.73 Å². The minimum absolute atomic E-state index is 0.215. The zero-order valence-electron chi connectivity index (χ0n) is 8.30. The van der Waals surface area contributed by atoms with E-state index < -0.39 is 6.10 Å². The summed E-state index contributed by atoms with van der Waals surface area (Å²) in [6.45, 7) is 2.28. The number of hydrogen-bond acceptors (Lipinski definition) is 5. The van der Waals surface area contributed by atoms with E-state index in [2.05, 4.69) is 18.0 Å². The quantitative estimate of drug-likeness (QED) is 0.864. The molecule has 1 unspecified atom stereocenters. The molecule has 2 rings (SSSR count). The minimum atomic E-state index is -0.643. The van der Waals surface area contributed by atoms with Gasteiger partial charge in [-0.1, -0.05) is 0 Å². The number of nitrogens with zero attached hydrogens (tertiary/aromatic N) is 1. The van der Waals surface area contributed by atoms with E-state index in [1.54, 1.807) is 22.7 Å². The number of aryl methyl sites for hydroxylation is 1. The number of thiazole rings is 1. The molecule has 0 aliphatic rings. The van der Waals surface area contributed by atoms with Gasteiger partial charge in [-0.2, -0.15) is 0 Å². The molecule has 2 aromatic rings. The molecule has 15 heavy (non-hydrogen) atoms. The highest BCUT2D eigenvalue weighted by Crippen LogP contribution is 2.32. The second-order valence-corrected chi connectivity index (χ2v) is 5.04. The minimum Gasteiger partial charge on any atom is -0.385 e. The number of aliphatic hydroxyl groups is 1. The zero-order chi connectivity index (χ0) is 10.8. The first-order chi connectivity index (χ1) is 7.22. The predicted molar refractivity (Wildman–Crippen MR) is 64.2 cm³/mol. The highest BCUT2D eigenvalue weighted by molar-refractivity contribution is 7.20. The Morgan fingerprint density at radius 1 is 1.53 bits per heavy atom. The summed E-state index contributed by atoms with van der Waals surface area (Å²) >= 11 is 3.22. The molecule has 2 heterocycles. The molecule has 2 aromatic heterocycles. The fourth-order valence-electron chi connectivity index (χ4n) is 1.26. The van der Waals surface area contributed by atoms with Crippen molar-refractivity contribution in [3.05, 3.63) is 28.1 Å². The molecule has 0 bridgehead atoms. The third-order valence-electron chi connectivity index (χ3n) is 2.14. The average Bonchev–Trinajstić information content (AvgIpc) is 2.84. The Balaban J connectivity index is 2.32. The first-order valence-corrected chi connectivity index (χ1v) is 6.36. The lowest BCUT2D eigenvalue weighted by Gasteiger charge is -2.01. The van der Waals surface area contributed by atoms with Gasteiger partial charge in [-0.15, -0.1) is 22.7 Å². The summed E-state index contributed by atoms with van der Waals surface area (Å²) < 4.78 is 0. The fourth-order valence-corrected chi connectivity index (χ4v) is 3.22. The first kappa shape index (κ1) is 10.8. The Hall–Kier alpha value is -0.750. The van der Waals surface area contributed by atoms with Gasteiger partial charge < -0.3 is 10.8 Å².